The molecule has 2 aromatic heterocycles. The maximum atomic E-state index is 11.6. The van der Waals surface area contributed by atoms with Crippen LogP contribution in [0.4, 0.5) is 10.7 Å². The van der Waals surface area contributed by atoms with E-state index in [9.17, 15) is 4.79 Å². The van der Waals surface area contributed by atoms with Gasteiger partial charge in [-0.3, -0.25) is 0 Å². The topological polar surface area (TPSA) is 80.2 Å². The minimum atomic E-state index is -0.157. The summed E-state index contributed by atoms with van der Waals surface area (Å²) in [4.78, 5) is 27.4. The van der Waals surface area contributed by atoms with Gasteiger partial charge in [-0.15, -0.1) is 11.3 Å². The van der Waals surface area contributed by atoms with Crippen molar-refractivity contribution < 1.29 is 9.53 Å². The van der Waals surface area contributed by atoms with Crippen LogP contribution >= 0.6 is 11.3 Å². The number of nitrogens with one attached hydrogen (secondary N) is 1. The molecule has 1 saturated carbocycles. The van der Waals surface area contributed by atoms with Crippen molar-refractivity contribution in [3.63, 3.8) is 0 Å². The Morgan fingerprint density at radius 3 is 2.91 bits per heavy atom. The lowest BCUT2D eigenvalue weighted by molar-refractivity contribution is 0.138. The average Bonchev–Trinajstić information content (AvgIpc) is 3.16. The van der Waals surface area contributed by atoms with Crippen LogP contribution in [0.1, 0.15) is 25.7 Å². The molecular formula is C14H17N5O2S. The predicted octanol–water partition coefficient (Wildman–Crippen LogP) is 2.26. The molecule has 4 rings (SSSR count). The summed E-state index contributed by atoms with van der Waals surface area (Å²) in [6.07, 6.45) is 5.62. The lowest BCUT2D eigenvalue weighted by atomic mass is 9.90. The molecule has 0 radical (unpaired) electrons. The van der Waals surface area contributed by atoms with Crippen molar-refractivity contribution in [2.75, 3.05) is 18.5 Å². The first-order valence-electron chi connectivity index (χ1n) is 7.56. The Bertz CT molecular complexity index is 683. The predicted molar refractivity (Wildman–Crippen MR) is 82.9 cm³/mol. The fraction of sp³-hybridized carbons (Fsp3) is 0.571. The van der Waals surface area contributed by atoms with E-state index in [-0.39, 0.29) is 6.09 Å². The second-order valence-corrected chi connectivity index (χ2v) is 6.53. The third-order valence-corrected chi connectivity index (χ3v) is 5.09. The minimum absolute atomic E-state index is 0.157. The molecule has 116 valence electrons. The maximum absolute atomic E-state index is 11.6. The summed E-state index contributed by atoms with van der Waals surface area (Å²) in [6.45, 7) is 1.26. The van der Waals surface area contributed by atoms with E-state index in [1.54, 1.807) is 11.7 Å². The molecule has 1 amide bonds. The van der Waals surface area contributed by atoms with Gasteiger partial charge in [0.25, 0.3) is 0 Å². The lowest BCUT2D eigenvalue weighted by Gasteiger charge is -2.33. The largest absolute Gasteiger partial charge is 0.448 e. The number of rotatable bonds is 3. The van der Waals surface area contributed by atoms with Gasteiger partial charge in [0.1, 0.15) is 17.0 Å². The number of ether oxygens (including phenoxy) is 1. The number of fused-ring (bicyclic) bond motifs is 1. The summed E-state index contributed by atoms with van der Waals surface area (Å²) in [5, 5.41) is 3.41. The molecule has 1 saturated heterocycles. The van der Waals surface area contributed by atoms with Crippen LogP contribution in [0.25, 0.3) is 10.3 Å². The first-order chi connectivity index (χ1) is 10.8. The quantitative estimate of drug-likeness (QED) is 0.934. The highest BCUT2D eigenvalue weighted by Gasteiger charge is 2.32. The molecular weight excluding hydrogens is 302 g/mol. The van der Waals surface area contributed by atoms with Crippen molar-refractivity contribution in [2.45, 2.75) is 37.8 Å². The van der Waals surface area contributed by atoms with Gasteiger partial charge in [0.05, 0.1) is 18.3 Å². The van der Waals surface area contributed by atoms with Gasteiger partial charge in [0, 0.05) is 12.1 Å². The van der Waals surface area contributed by atoms with Crippen LogP contribution in [-0.2, 0) is 4.74 Å². The van der Waals surface area contributed by atoms with Gasteiger partial charge in [-0.05, 0) is 25.7 Å². The number of cyclic esters (lactones) is 1. The van der Waals surface area contributed by atoms with Crippen molar-refractivity contribution >= 4 is 33.7 Å². The SMILES string of the molecule is O=C1OCCN1C1CCC(Nc2ncc3ncsc3n2)CC1. The summed E-state index contributed by atoms with van der Waals surface area (Å²) in [7, 11) is 0. The first kappa shape index (κ1) is 13.7. The highest BCUT2D eigenvalue weighted by molar-refractivity contribution is 7.16. The fourth-order valence-electron chi connectivity index (χ4n) is 3.19. The second-order valence-electron chi connectivity index (χ2n) is 5.69. The normalized spacial score (nSPS) is 25.5. The van der Waals surface area contributed by atoms with Gasteiger partial charge >= 0.3 is 6.09 Å². The molecule has 0 atom stereocenters. The Kier molecular flexibility index (Phi) is 3.53. The number of nitrogens with zero attached hydrogens (tertiary/aromatic N) is 4. The van der Waals surface area contributed by atoms with Crippen LogP contribution in [-0.4, -0.2) is 51.2 Å². The minimum Gasteiger partial charge on any atom is -0.448 e. The molecule has 0 aromatic carbocycles. The zero-order valence-electron chi connectivity index (χ0n) is 12.1. The Labute approximate surface area is 131 Å². The van der Waals surface area contributed by atoms with Gasteiger partial charge in [-0.25, -0.2) is 19.7 Å². The Morgan fingerprint density at radius 1 is 1.27 bits per heavy atom. The van der Waals surface area contributed by atoms with Crippen molar-refractivity contribution in [3.8, 4) is 0 Å². The molecule has 22 heavy (non-hydrogen) atoms. The number of thiazole rings is 1. The summed E-state index contributed by atoms with van der Waals surface area (Å²) in [6, 6.07) is 0.679. The maximum Gasteiger partial charge on any atom is 0.410 e. The van der Waals surface area contributed by atoms with Gasteiger partial charge in [0.15, 0.2) is 0 Å². The zero-order valence-corrected chi connectivity index (χ0v) is 12.9. The third-order valence-electron chi connectivity index (χ3n) is 4.35. The van der Waals surface area contributed by atoms with Crippen LogP contribution in [0.5, 0.6) is 0 Å². The van der Waals surface area contributed by atoms with Gasteiger partial charge in [-0.1, -0.05) is 0 Å². The molecule has 0 bridgehead atoms. The van der Waals surface area contributed by atoms with E-state index in [1.165, 1.54) is 11.3 Å². The average molecular weight is 319 g/mol. The van der Waals surface area contributed by atoms with E-state index < -0.39 is 0 Å². The van der Waals surface area contributed by atoms with Crippen molar-refractivity contribution in [3.05, 3.63) is 11.7 Å². The smallest absolute Gasteiger partial charge is 0.410 e. The molecule has 0 unspecified atom stereocenters. The summed E-state index contributed by atoms with van der Waals surface area (Å²) in [5.74, 6) is 0.667. The zero-order chi connectivity index (χ0) is 14.9. The molecule has 2 fully saturated rings. The van der Waals surface area contributed by atoms with E-state index in [4.69, 9.17) is 4.74 Å². The number of carbonyl (C=O) groups is 1. The van der Waals surface area contributed by atoms with E-state index in [1.807, 2.05) is 4.90 Å². The highest BCUT2D eigenvalue weighted by atomic mass is 32.1. The fourth-order valence-corrected chi connectivity index (χ4v) is 3.82. The summed E-state index contributed by atoms with van der Waals surface area (Å²) >= 11 is 1.52. The summed E-state index contributed by atoms with van der Waals surface area (Å²) in [5.41, 5.74) is 2.62. The van der Waals surface area contributed by atoms with E-state index in [2.05, 4.69) is 20.3 Å². The first-order valence-corrected chi connectivity index (χ1v) is 8.44. The molecule has 8 heteroatoms. The van der Waals surface area contributed by atoms with E-state index >= 15 is 0 Å². The second kappa shape index (κ2) is 5.68. The Hall–Kier alpha value is -1.96. The molecule has 3 heterocycles. The van der Waals surface area contributed by atoms with Crippen LogP contribution < -0.4 is 5.32 Å². The van der Waals surface area contributed by atoms with Crippen LogP contribution in [0.15, 0.2) is 11.7 Å². The van der Waals surface area contributed by atoms with Crippen molar-refractivity contribution in [1.82, 2.24) is 19.9 Å². The van der Waals surface area contributed by atoms with E-state index in [0.717, 1.165) is 42.6 Å². The van der Waals surface area contributed by atoms with Gasteiger partial charge in [0.2, 0.25) is 5.95 Å². The molecule has 0 spiro atoms. The van der Waals surface area contributed by atoms with Gasteiger partial charge < -0.3 is 15.0 Å². The third kappa shape index (κ3) is 2.58. The molecule has 2 aliphatic rings. The van der Waals surface area contributed by atoms with Crippen LogP contribution in [0, 0.1) is 0 Å². The lowest BCUT2D eigenvalue weighted by Crippen LogP contribution is -2.41. The van der Waals surface area contributed by atoms with Crippen LogP contribution in [0.3, 0.4) is 0 Å². The van der Waals surface area contributed by atoms with Crippen molar-refractivity contribution in [1.29, 1.82) is 0 Å². The van der Waals surface area contributed by atoms with Crippen molar-refractivity contribution in [2.24, 2.45) is 0 Å². The summed E-state index contributed by atoms with van der Waals surface area (Å²) < 4.78 is 5.02. The number of anilines is 1. The molecule has 7 nitrogen and oxygen atoms in total. The molecule has 1 N–H and O–H groups in total. The number of hydrogen-bond acceptors (Lipinski definition) is 7. The highest BCUT2D eigenvalue weighted by Crippen LogP contribution is 2.27. The number of carbonyl (C=O) groups excluding carboxylic acids is 1. The molecule has 2 aromatic rings. The van der Waals surface area contributed by atoms with Gasteiger partial charge in [-0.2, -0.15) is 0 Å². The molecule has 1 aliphatic carbocycles. The van der Waals surface area contributed by atoms with Crippen LogP contribution in [0.2, 0.25) is 0 Å². The van der Waals surface area contributed by atoms with E-state index in [0.29, 0.717) is 24.6 Å². The number of hydrogen-bond donors (Lipinski definition) is 1. The molecule has 1 aliphatic heterocycles. The number of aromatic nitrogens is 3. The standard InChI is InChI=1S/C14H17N5O2S/c20-14-19(5-6-21-14)10-3-1-9(2-4-10)17-13-15-7-11-12(18-13)22-8-16-11/h7-10H,1-6H2,(H,15,17,18). The number of amides is 1. The Balaban J connectivity index is 1.36. The Morgan fingerprint density at radius 2 is 2.14 bits per heavy atom. The monoisotopic (exact) mass is 319 g/mol.